The lowest BCUT2D eigenvalue weighted by Crippen LogP contribution is -2.52. The number of piperazine rings is 1. The van der Waals surface area contributed by atoms with Crippen LogP contribution >= 0.6 is 0 Å². The Labute approximate surface area is 120 Å². The minimum Gasteiger partial charge on any atom is -0.358 e. The molecule has 2 amide bonds. The van der Waals surface area contributed by atoms with E-state index in [1.807, 2.05) is 4.90 Å². The number of amides is 2. The summed E-state index contributed by atoms with van der Waals surface area (Å²) in [5, 5.41) is 2.65. The fourth-order valence-corrected chi connectivity index (χ4v) is 4.19. The predicted octanol–water partition coefficient (Wildman–Crippen LogP) is 0.313. The van der Waals surface area contributed by atoms with Crippen molar-refractivity contribution in [3.05, 3.63) is 0 Å². The monoisotopic (exact) mass is 279 g/mol. The summed E-state index contributed by atoms with van der Waals surface area (Å²) in [6.07, 6.45) is 5.01. The second kappa shape index (κ2) is 5.72. The first-order valence-corrected chi connectivity index (χ1v) is 7.89. The molecule has 2 aliphatic carbocycles. The lowest BCUT2D eigenvalue weighted by molar-refractivity contribution is -0.139. The molecule has 0 aromatic heterocycles. The van der Waals surface area contributed by atoms with Gasteiger partial charge in [0.25, 0.3) is 0 Å². The van der Waals surface area contributed by atoms with E-state index >= 15 is 0 Å². The molecule has 0 spiro atoms. The van der Waals surface area contributed by atoms with Crippen LogP contribution in [-0.2, 0) is 9.59 Å². The van der Waals surface area contributed by atoms with Gasteiger partial charge in [-0.05, 0) is 31.1 Å². The lowest BCUT2D eigenvalue weighted by Gasteiger charge is -2.36. The van der Waals surface area contributed by atoms with Crippen molar-refractivity contribution in [2.45, 2.75) is 25.7 Å². The largest absolute Gasteiger partial charge is 0.358 e. The molecule has 3 aliphatic rings. The maximum absolute atomic E-state index is 12.6. The van der Waals surface area contributed by atoms with Crippen LogP contribution in [0.1, 0.15) is 25.7 Å². The van der Waals surface area contributed by atoms with Gasteiger partial charge in [-0.2, -0.15) is 0 Å². The molecule has 1 N–H and O–H groups in total. The summed E-state index contributed by atoms with van der Waals surface area (Å²) in [4.78, 5) is 28.1. The van der Waals surface area contributed by atoms with Crippen molar-refractivity contribution in [1.82, 2.24) is 15.1 Å². The summed E-state index contributed by atoms with van der Waals surface area (Å²) in [6, 6.07) is 0. The van der Waals surface area contributed by atoms with Crippen molar-refractivity contribution >= 4 is 11.8 Å². The van der Waals surface area contributed by atoms with Crippen LogP contribution in [0, 0.1) is 17.8 Å². The maximum atomic E-state index is 12.6. The molecule has 0 radical (unpaired) electrons. The molecule has 5 nitrogen and oxygen atoms in total. The fourth-order valence-electron chi connectivity index (χ4n) is 4.19. The highest BCUT2D eigenvalue weighted by atomic mass is 16.2. The van der Waals surface area contributed by atoms with E-state index in [2.05, 4.69) is 10.2 Å². The van der Waals surface area contributed by atoms with Gasteiger partial charge in [0, 0.05) is 39.1 Å². The third-order valence-electron chi connectivity index (χ3n) is 5.39. The molecular weight excluding hydrogens is 254 g/mol. The predicted molar refractivity (Wildman–Crippen MR) is 76.0 cm³/mol. The molecule has 2 bridgehead atoms. The number of carbonyl (C=O) groups excluding carboxylic acids is 2. The first-order chi connectivity index (χ1) is 9.67. The molecule has 1 saturated heterocycles. The van der Waals surface area contributed by atoms with Crippen LogP contribution in [0.15, 0.2) is 0 Å². The number of hydrogen-bond acceptors (Lipinski definition) is 3. The van der Waals surface area contributed by atoms with Crippen LogP contribution in [0.3, 0.4) is 0 Å². The number of fused-ring (bicyclic) bond motifs is 2. The quantitative estimate of drug-likeness (QED) is 0.809. The van der Waals surface area contributed by atoms with Crippen LogP contribution in [0.4, 0.5) is 0 Å². The number of nitrogens with one attached hydrogen (secondary N) is 1. The summed E-state index contributed by atoms with van der Waals surface area (Å²) >= 11 is 0. The average Bonchev–Trinajstić information content (AvgIpc) is 3.10. The zero-order valence-corrected chi connectivity index (χ0v) is 12.3. The molecule has 5 heteroatoms. The number of nitrogens with zero attached hydrogens (tertiary/aromatic N) is 2. The van der Waals surface area contributed by atoms with E-state index in [0.717, 1.165) is 38.5 Å². The van der Waals surface area contributed by atoms with Gasteiger partial charge in [0.15, 0.2) is 0 Å². The molecule has 1 heterocycles. The highest BCUT2D eigenvalue weighted by Crippen LogP contribution is 2.48. The van der Waals surface area contributed by atoms with Gasteiger partial charge in [-0.15, -0.1) is 0 Å². The highest BCUT2D eigenvalue weighted by molar-refractivity contribution is 5.80. The minimum absolute atomic E-state index is 0.0536. The number of rotatable bonds is 3. The summed E-state index contributed by atoms with van der Waals surface area (Å²) < 4.78 is 0. The zero-order valence-electron chi connectivity index (χ0n) is 12.3. The Morgan fingerprint density at radius 1 is 1.10 bits per heavy atom. The zero-order chi connectivity index (χ0) is 14.1. The van der Waals surface area contributed by atoms with Crippen molar-refractivity contribution in [2.75, 3.05) is 39.8 Å². The lowest BCUT2D eigenvalue weighted by atomic mass is 9.87. The molecule has 3 fully saturated rings. The second-order valence-electron chi connectivity index (χ2n) is 6.56. The Kier molecular flexibility index (Phi) is 3.96. The van der Waals surface area contributed by atoms with Gasteiger partial charge in [0.1, 0.15) is 0 Å². The van der Waals surface area contributed by atoms with Crippen molar-refractivity contribution in [3.63, 3.8) is 0 Å². The van der Waals surface area contributed by atoms with Gasteiger partial charge in [-0.3, -0.25) is 14.5 Å². The average molecular weight is 279 g/mol. The molecule has 0 aromatic carbocycles. The Balaban J connectivity index is 1.48. The van der Waals surface area contributed by atoms with E-state index in [0.29, 0.717) is 24.3 Å². The van der Waals surface area contributed by atoms with Gasteiger partial charge >= 0.3 is 0 Å². The number of hydrogen-bond donors (Lipinski definition) is 1. The Morgan fingerprint density at radius 3 is 2.40 bits per heavy atom. The summed E-state index contributed by atoms with van der Waals surface area (Å²) in [6.45, 7) is 3.65. The third-order valence-corrected chi connectivity index (χ3v) is 5.39. The van der Waals surface area contributed by atoms with E-state index in [-0.39, 0.29) is 5.91 Å². The molecule has 112 valence electrons. The topological polar surface area (TPSA) is 52.7 Å². The van der Waals surface area contributed by atoms with Gasteiger partial charge in [0.2, 0.25) is 11.8 Å². The van der Waals surface area contributed by atoms with Crippen LogP contribution < -0.4 is 5.32 Å². The third kappa shape index (κ3) is 2.68. The Bertz CT molecular complexity index is 391. The molecular formula is C15H25N3O2. The summed E-state index contributed by atoms with van der Waals surface area (Å²) in [5.41, 5.74) is 0. The molecule has 0 aromatic rings. The SMILES string of the molecule is CNC(=O)CN1CCN(C(=O)C2CC3CCC2C3)CC1. The molecule has 2 saturated carbocycles. The fraction of sp³-hybridized carbons (Fsp3) is 0.867. The standard InChI is InChI=1S/C15H25N3O2/c1-16-14(19)10-17-4-6-18(7-5-17)15(20)13-9-11-2-3-12(13)8-11/h11-13H,2-10H2,1H3,(H,16,19). The minimum atomic E-state index is 0.0536. The molecule has 20 heavy (non-hydrogen) atoms. The highest BCUT2D eigenvalue weighted by Gasteiger charge is 2.44. The molecule has 3 rings (SSSR count). The van der Waals surface area contributed by atoms with Gasteiger partial charge in [-0.25, -0.2) is 0 Å². The van der Waals surface area contributed by atoms with Gasteiger partial charge in [-0.1, -0.05) is 6.42 Å². The van der Waals surface area contributed by atoms with E-state index in [4.69, 9.17) is 0 Å². The second-order valence-corrected chi connectivity index (χ2v) is 6.56. The van der Waals surface area contributed by atoms with Gasteiger partial charge < -0.3 is 10.2 Å². The van der Waals surface area contributed by atoms with Crippen LogP contribution in [0.2, 0.25) is 0 Å². The van der Waals surface area contributed by atoms with Crippen LogP contribution in [0.5, 0.6) is 0 Å². The number of likely N-dealkylation sites (N-methyl/N-ethyl adjacent to an activating group) is 1. The van der Waals surface area contributed by atoms with E-state index in [1.165, 1.54) is 19.3 Å². The van der Waals surface area contributed by atoms with Crippen molar-refractivity contribution in [3.8, 4) is 0 Å². The van der Waals surface area contributed by atoms with Crippen LogP contribution in [-0.4, -0.2) is 61.4 Å². The Morgan fingerprint density at radius 2 is 1.85 bits per heavy atom. The Hall–Kier alpha value is -1.10. The smallest absolute Gasteiger partial charge is 0.233 e. The van der Waals surface area contributed by atoms with Crippen molar-refractivity contribution < 1.29 is 9.59 Å². The van der Waals surface area contributed by atoms with Crippen molar-refractivity contribution in [2.24, 2.45) is 17.8 Å². The molecule has 1 aliphatic heterocycles. The summed E-state index contributed by atoms with van der Waals surface area (Å²) in [5.74, 6) is 2.23. The molecule has 3 atom stereocenters. The maximum Gasteiger partial charge on any atom is 0.233 e. The van der Waals surface area contributed by atoms with Crippen LogP contribution in [0.25, 0.3) is 0 Å². The van der Waals surface area contributed by atoms with E-state index in [9.17, 15) is 9.59 Å². The van der Waals surface area contributed by atoms with E-state index in [1.54, 1.807) is 7.05 Å². The van der Waals surface area contributed by atoms with Crippen molar-refractivity contribution in [1.29, 1.82) is 0 Å². The normalized spacial score (nSPS) is 33.5. The first kappa shape index (κ1) is 13.9. The van der Waals surface area contributed by atoms with E-state index < -0.39 is 0 Å². The first-order valence-electron chi connectivity index (χ1n) is 7.89. The van der Waals surface area contributed by atoms with Gasteiger partial charge in [0.05, 0.1) is 6.54 Å². The summed E-state index contributed by atoms with van der Waals surface area (Å²) in [7, 11) is 1.66. The molecule has 3 unspecified atom stereocenters. The number of carbonyl (C=O) groups is 2.